The molecule has 3 N–H and O–H groups in total. The van der Waals surface area contributed by atoms with E-state index in [1.807, 2.05) is 18.2 Å². The van der Waals surface area contributed by atoms with E-state index in [9.17, 15) is 9.90 Å². The van der Waals surface area contributed by atoms with Crippen molar-refractivity contribution in [1.82, 2.24) is 20.0 Å². The van der Waals surface area contributed by atoms with Crippen molar-refractivity contribution in [3.8, 4) is 17.0 Å². The monoisotopic (exact) mass is 480 g/mol. The van der Waals surface area contributed by atoms with Crippen molar-refractivity contribution in [3.05, 3.63) is 30.3 Å². The molecule has 1 saturated carbocycles. The summed E-state index contributed by atoms with van der Waals surface area (Å²) < 4.78 is 5.26. The highest BCUT2D eigenvalue weighted by Crippen LogP contribution is 2.35. The summed E-state index contributed by atoms with van der Waals surface area (Å²) in [4.78, 5) is 17.6. The SMILES string of the molecule is CN1C2CCC1CN(c1cc(-c3ccccc3O)nnc1N)C2.O=CC1CC(N2CCOCC2)C1. The molecule has 0 amide bonds. The molecular weight excluding hydrogens is 444 g/mol. The lowest BCUT2D eigenvalue weighted by Crippen LogP contribution is -2.52. The second-order valence-corrected chi connectivity index (χ2v) is 10.1. The smallest absolute Gasteiger partial charge is 0.169 e. The molecule has 3 saturated heterocycles. The third kappa shape index (κ3) is 5.12. The Balaban J connectivity index is 0.000000178. The largest absolute Gasteiger partial charge is 0.507 e. The number of carbonyl (C=O) groups is 1. The maximum Gasteiger partial charge on any atom is 0.169 e. The highest BCUT2D eigenvalue weighted by molar-refractivity contribution is 5.74. The van der Waals surface area contributed by atoms with Crippen LogP contribution >= 0.6 is 0 Å². The van der Waals surface area contributed by atoms with Crippen LogP contribution in [0.25, 0.3) is 11.3 Å². The molecule has 4 aliphatic rings. The van der Waals surface area contributed by atoms with Crippen LogP contribution in [0.2, 0.25) is 0 Å². The number of aromatic nitrogens is 2. The highest BCUT2D eigenvalue weighted by Gasteiger charge is 2.38. The van der Waals surface area contributed by atoms with Crippen LogP contribution in [0.1, 0.15) is 25.7 Å². The van der Waals surface area contributed by atoms with Gasteiger partial charge in [-0.2, -0.15) is 0 Å². The molecule has 1 aromatic heterocycles. The van der Waals surface area contributed by atoms with Crippen LogP contribution in [0.3, 0.4) is 0 Å². The molecule has 9 nitrogen and oxygen atoms in total. The number of hydrogen-bond acceptors (Lipinski definition) is 9. The van der Waals surface area contributed by atoms with Crippen molar-refractivity contribution in [3.63, 3.8) is 0 Å². The molecule has 2 aromatic rings. The predicted octanol–water partition coefficient (Wildman–Crippen LogP) is 2.01. The van der Waals surface area contributed by atoms with E-state index in [2.05, 4.69) is 31.9 Å². The Labute approximate surface area is 206 Å². The lowest BCUT2D eigenvalue weighted by molar-refractivity contribution is -0.116. The first-order valence-corrected chi connectivity index (χ1v) is 12.7. The number of aldehydes is 1. The van der Waals surface area contributed by atoms with E-state index in [-0.39, 0.29) is 5.75 Å². The normalized spacial score (nSPS) is 28.7. The van der Waals surface area contributed by atoms with Crippen molar-refractivity contribution in [1.29, 1.82) is 0 Å². The van der Waals surface area contributed by atoms with Crippen LogP contribution in [0.4, 0.5) is 11.5 Å². The van der Waals surface area contributed by atoms with Crippen LogP contribution in [-0.4, -0.2) is 96.0 Å². The molecule has 6 rings (SSSR count). The van der Waals surface area contributed by atoms with E-state index in [4.69, 9.17) is 10.5 Å². The number of likely N-dealkylation sites (N-methyl/N-ethyl adjacent to an activating group) is 1. The van der Waals surface area contributed by atoms with E-state index in [0.29, 0.717) is 41.1 Å². The van der Waals surface area contributed by atoms with Crippen molar-refractivity contribution in [2.24, 2.45) is 5.92 Å². The number of nitrogens with zero attached hydrogens (tertiary/aromatic N) is 5. The van der Waals surface area contributed by atoms with E-state index in [1.165, 1.54) is 12.8 Å². The number of nitrogen functional groups attached to an aromatic ring is 1. The van der Waals surface area contributed by atoms with E-state index < -0.39 is 0 Å². The Kier molecular flexibility index (Phi) is 7.17. The molecule has 3 aliphatic heterocycles. The summed E-state index contributed by atoms with van der Waals surface area (Å²) in [6.07, 6.45) is 5.72. The standard InChI is InChI=1S/C17H21N5O.C9H15NO2/c1-21-11-6-7-12(21)10-22(9-11)15-8-14(19-20-17(15)18)13-4-2-3-5-16(13)23;11-7-8-5-9(6-8)10-1-3-12-4-2-10/h2-5,8,11-12,23H,6-7,9-10H2,1H3,(H2,18,20);7-9H,1-6H2. The highest BCUT2D eigenvalue weighted by atomic mass is 16.5. The number of para-hydroxylation sites is 1. The van der Waals surface area contributed by atoms with Gasteiger partial charge in [0, 0.05) is 55.8 Å². The fourth-order valence-corrected chi connectivity index (χ4v) is 5.76. The van der Waals surface area contributed by atoms with Crippen LogP contribution in [0, 0.1) is 5.92 Å². The van der Waals surface area contributed by atoms with Crippen molar-refractivity contribution in [2.45, 2.75) is 43.8 Å². The fraction of sp³-hybridized carbons (Fsp3) is 0.577. The van der Waals surface area contributed by atoms with Gasteiger partial charge in [0.2, 0.25) is 0 Å². The van der Waals surface area contributed by atoms with Gasteiger partial charge in [-0.1, -0.05) is 12.1 Å². The first-order valence-electron chi connectivity index (χ1n) is 12.7. The van der Waals surface area contributed by atoms with Gasteiger partial charge in [-0.3, -0.25) is 9.80 Å². The zero-order chi connectivity index (χ0) is 24.4. The summed E-state index contributed by atoms with van der Waals surface area (Å²) in [6, 6.07) is 10.9. The number of aromatic hydroxyl groups is 1. The second-order valence-electron chi connectivity index (χ2n) is 10.1. The first kappa shape index (κ1) is 24.0. The number of hydrogen-bond donors (Lipinski definition) is 2. The third-order valence-electron chi connectivity index (χ3n) is 8.07. The van der Waals surface area contributed by atoms with Gasteiger partial charge in [-0.25, -0.2) is 0 Å². The van der Waals surface area contributed by atoms with Crippen molar-refractivity contribution < 1.29 is 14.6 Å². The second kappa shape index (κ2) is 10.5. The molecular formula is C26H36N6O3. The third-order valence-corrected chi connectivity index (χ3v) is 8.07. The summed E-state index contributed by atoms with van der Waals surface area (Å²) in [7, 11) is 2.21. The summed E-state index contributed by atoms with van der Waals surface area (Å²) in [5.41, 5.74) is 8.34. The number of morpholine rings is 1. The predicted molar refractivity (Wildman–Crippen MR) is 135 cm³/mol. The Hall–Kier alpha value is -2.75. The topological polar surface area (TPSA) is 108 Å². The molecule has 188 valence electrons. The Morgan fingerprint density at radius 2 is 1.74 bits per heavy atom. The average molecular weight is 481 g/mol. The number of anilines is 2. The van der Waals surface area contributed by atoms with E-state index in [0.717, 1.165) is 64.2 Å². The van der Waals surface area contributed by atoms with Gasteiger partial charge in [0.05, 0.1) is 24.6 Å². The molecule has 1 aromatic carbocycles. The first-order chi connectivity index (χ1) is 17.0. The minimum atomic E-state index is 0.205. The molecule has 0 radical (unpaired) electrons. The van der Waals surface area contributed by atoms with Crippen molar-refractivity contribution in [2.75, 3.05) is 57.1 Å². The number of phenolic OH excluding ortho intramolecular Hbond substituents is 1. The maximum atomic E-state index is 10.4. The fourth-order valence-electron chi connectivity index (χ4n) is 5.76. The molecule has 4 fully saturated rings. The zero-order valence-corrected chi connectivity index (χ0v) is 20.4. The maximum absolute atomic E-state index is 10.4. The number of piperazine rings is 1. The van der Waals surface area contributed by atoms with Gasteiger partial charge in [0.1, 0.15) is 12.0 Å². The van der Waals surface area contributed by atoms with Gasteiger partial charge in [0.15, 0.2) is 5.82 Å². The van der Waals surface area contributed by atoms with Crippen LogP contribution < -0.4 is 10.6 Å². The van der Waals surface area contributed by atoms with Gasteiger partial charge < -0.3 is 25.3 Å². The van der Waals surface area contributed by atoms with E-state index in [1.54, 1.807) is 12.1 Å². The van der Waals surface area contributed by atoms with Gasteiger partial charge in [-0.05, 0) is 50.9 Å². The molecule has 9 heteroatoms. The summed E-state index contributed by atoms with van der Waals surface area (Å²) in [6.45, 7) is 5.75. The number of nitrogens with two attached hydrogens (primary N) is 1. The molecule has 0 spiro atoms. The quantitative estimate of drug-likeness (QED) is 0.635. The molecule has 4 heterocycles. The Bertz CT molecular complexity index is 1010. The van der Waals surface area contributed by atoms with Gasteiger partial charge >= 0.3 is 0 Å². The number of carbonyl (C=O) groups excluding carboxylic acids is 1. The number of phenols is 1. The Morgan fingerprint density at radius 1 is 1.06 bits per heavy atom. The minimum Gasteiger partial charge on any atom is -0.507 e. The number of benzene rings is 1. The van der Waals surface area contributed by atoms with E-state index >= 15 is 0 Å². The lowest BCUT2D eigenvalue weighted by Gasteiger charge is -2.42. The number of rotatable bonds is 4. The van der Waals surface area contributed by atoms with Crippen molar-refractivity contribution >= 4 is 17.8 Å². The molecule has 2 unspecified atom stereocenters. The zero-order valence-electron chi connectivity index (χ0n) is 20.4. The summed E-state index contributed by atoms with van der Waals surface area (Å²) in [5, 5.41) is 18.3. The lowest BCUT2D eigenvalue weighted by atomic mass is 9.80. The molecule has 2 bridgehead atoms. The van der Waals surface area contributed by atoms with Crippen LogP contribution in [0.5, 0.6) is 5.75 Å². The van der Waals surface area contributed by atoms with Gasteiger partial charge in [0.25, 0.3) is 0 Å². The molecule has 2 atom stereocenters. The van der Waals surface area contributed by atoms with Crippen LogP contribution in [-0.2, 0) is 9.53 Å². The molecule has 35 heavy (non-hydrogen) atoms. The van der Waals surface area contributed by atoms with Gasteiger partial charge in [-0.15, -0.1) is 10.2 Å². The summed E-state index contributed by atoms with van der Waals surface area (Å²) >= 11 is 0. The Morgan fingerprint density at radius 3 is 2.40 bits per heavy atom. The summed E-state index contributed by atoms with van der Waals surface area (Å²) in [5.74, 6) is 1.00. The minimum absolute atomic E-state index is 0.205. The molecule has 1 aliphatic carbocycles. The van der Waals surface area contributed by atoms with Crippen LogP contribution in [0.15, 0.2) is 30.3 Å². The number of ether oxygens (including phenoxy) is 1. The number of fused-ring (bicyclic) bond motifs is 2. The average Bonchev–Trinajstić information content (AvgIpc) is 3.05.